The maximum absolute atomic E-state index is 12.6. The Hall–Kier alpha value is -2.93. The first-order chi connectivity index (χ1) is 12.9. The Bertz CT molecular complexity index is 1000. The predicted molar refractivity (Wildman–Crippen MR) is 102 cm³/mol. The minimum atomic E-state index is -0.625. The molecule has 4 rings (SSSR count). The molecule has 2 aromatic carbocycles. The molecule has 0 bridgehead atoms. The maximum Gasteiger partial charge on any atom is 0.288 e. The Balaban J connectivity index is 1.67. The van der Waals surface area contributed by atoms with E-state index in [4.69, 9.17) is 11.6 Å². The number of benzene rings is 2. The molecule has 0 saturated carbocycles. The molecule has 2 amide bonds. The summed E-state index contributed by atoms with van der Waals surface area (Å²) in [5.74, 6) is -0.625. The summed E-state index contributed by atoms with van der Waals surface area (Å²) in [6.45, 7) is 2.59. The molecule has 2 aliphatic rings. The summed E-state index contributed by atoms with van der Waals surface area (Å²) in [4.78, 5) is 37.2. The minimum Gasteiger partial charge on any atom is -0.322 e. The fraction of sp³-hybridized carbons (Fsp3) is 0.263. The predicted octanol–water partition coefficient (Wildman–Crippen LogP) is 3.90. The van der Waals surface area contributed by atoms with Crippen molar-refractivity contribution in [2.75, 3.05) is 16.8 Å². The number of anilines is 2. The van der Waals surface area contributed by atoms with Gasteiger partial charge in [0, 0.05) is 23.9 Å². The van der Waals surface area contributed by atoms with E-state index in [2.05, 4.69) is 5.32 Å². The molecule has 1 atom stereocenters. The summed E-state index contributed by atoms with van der Waals surface area (Å²) in [6, 6.07) is 7.62. The smallest absolute Gasteiger partial charge is 0.288 e. The number of hydrogen-bond donors (Lipinski definition) is 1. The van der Waals surface area contributed by atoms with Crippen LogP contribution in [0.1, 0.15) is 40.7 Å². The van der Waals surface area contributed by atoms with Gasteiger partial charge in [-0.25, -0.2) is 0 Å². The van der Waals surface area contributed by atoms with Gasteiger partial charge in [-0.1, -0.05) is 11.6 Å². The quantitative estimate of drug-likeness (QED) is 0.640. The molecule has 0 saturated heterocycles. The summed E-state index contributed by atoms with van der Waals surface area (Å²) in [5.41, 5.74) is 3.33. The van der Waals surface area contributed by atoms with Crippen LogP contribution in [0.4, 0.5) is 17.1 Å². The summed E-state index contributed by atoms with van der Waals surface area (Å²) in [6.07, 6.45) is 1.72. The van der Waals surface area contributed by atoms with E-state index in [1.165, 1.54) is 12.1 Å². The highest BCUT2D eigenvalue weighted by molar-refractivity contribution is 6.32. The van der Waals surface area contributed by atoms with Crippen molar-refractivity contribution >= 4 is 40.5 Å². The topological polar surface area (TPSA) is 92.6 Å². The van der Waals surface area contributed by atoms with Crippen molar-refractivity contribution in [3.8, 4) is 0 Å². The zero-order chi connectivity index (χ0) is 19.3. The van der Waals surface area contributed by atoms with E-state index >= 15 is 0 Å². The fourth-order valence-corrected chi connectivity index (χ4v) is 3.95. The summed E-state index contributed by atoms with van der Waals surface area (Å²) in [5, 5.41) is 13.8. The average molecular weight is 386 g/mol. The van der Waals surface area contributed by atoms with Crippen LogP contribution in [0.15, 0.2) is 30.3 Å². The van der Waals surface area contributed by atoms with Crippen LogP contribution in [0.5, 0.6) is 0 Å². The molecule has 0 aromatic heterocycles. The van der Waals surface area contributed by atoms with Crippen molar-refractivity contribution < 1.29 is 14.5 Å². The molecule has 0 aliphatic carbocycles. The van der Waals surface area contributed by atoms with Crippen molar-refractivity contribution in [1.29, 1.82) is 0 Å². The SMILES string of the molecule is CC1C(=O)N2CCCc3cc(NC(=O)c4ccc(Cl)c([N+](=O)[O-])c4)cc1c32. The number of hydrogen-bond acceptors (Lipinski definition) is 4. The molecular weight excluding hydrogens is 370 g/mol. The third-order valence-corrected chi connectivity index (χ3v) is 5.40. The molecule has 27 heavy (non-hydrogen) atoms. The van der Waals surface area contributed by atoms with Crippen molar-refractivity contribution in [3.63, 3.8) is 0 Å². The van der Waals surface area contributed by atoms with E-state index in [1.807, 2.05) is 24.0 Å². The lowest BCUT2D eigenvalue weighted by atomic mass is 9.96. The van der Waals surface area contributed by atoms with E-state index < -0.39 is 10.8 Å². The van der Waals surface area contributed by atoms with Gasteiger partial charge < -0.3 is 10.2 Å². The van der Waals surface area contributed by atoms with Crippen molar-refractivity contribution in [1.82, 2.24) is 0 Å². The maximum atomic E-state index is 12.6. The van der Waals surface area contributed by atoms with Gasteiger partial charge >= 0.3 is 0 Å². The van der Waals surface area contributed by atoms with Crippen LogP contribution in [0, 0.1) is 10.1 Å². The first kappa shape index (κ1) is 17.5. The van der Waals surface area contributed by atoms with Crippen LogP contribution in [-0.4, -0.2) is 23.3 Å². The number of carbonyl (C=O) groups is 2. The molecular formula is C19H16ClN3O4. The second-order valence-corrected chi connectivity index (χ2v) is 7.17. The highest BCUT2D eigenvalue weighted by atomic mass is 35.5. The zero-order valence-electron chi connectivity index (χ0n) is 14.5. The van der Waals surface area contributed by atoms with Crippen molar-refractivity contribution in [3.05, 3.63) is 62.2 Å². The summed E-state index contributed by atoms with van der Waals surface area (Å²) >= 11 is 5.80. The lowest BCUT2D eigenvalue weighted by molar-refractivity contribution is -0.384. The third-order valence-electron chi connectivity index (χ3n) is 5.08. The third kappa shape index (κ3) is 2.84. The van der Waals surface area contributed by atoms with Crippen LogP contribution >= 0.6 is 11.6 Å². The fourth-order valence-electron chi connectivity index (χ4n) is 3.76. The van der Waals surface area contributed by atoms with Gasteiger partial charge in [0.05, 0.1) is 16.5 Å². The molecule has 0 fully saturated rings. The Morgan fingerprint density at radius 2 is 2.11 bits per heavy atom. The largest absolute Gasteiger partial charge is 0.322 e. The Morgan fingerprint density at radius 3 is 2.85 bits per heavy atom. The highest BCUT2D eigenvalue weighted by Crippen LogP contribution is 2.44. The van der Waals surface area contributed by atoms with Gasteiger partial charge in [-0.05, 0) is 55.2 Å². The number of nitrogens with one attached hydrogen (secondary N) is 1. The molecule has 1 N–H and O–H groups in total. The number of nitrogens with zero attached hydrogens (tertiary/aromatic N) is 2. The second kappa shape index (κ2) is 6.35. The standard InChI is InChI=1S/C19H16ClN3O4/c1-10-14-9-13(7-11-3-2-6-22(17(11)14)19(10)25)21-18(24)12-4-5-15(20)16(8-12)23(26)27/h4-5,7-10H,2-3,6H2,1H3,(H,21,24). The second-order valence-electron chi connectivity index (χ2n) is 6.77. The summed E-state index contributed by atoms with van der Waals surface area (Å²) < 4.78 is 0. The molecule has 2 heterocycles. The first-order valence-corrected chi connectivity index (χ1v) is 8.98. The zero-order valence-corrected chi connectivity index (χ0v) is 15.2. The number of nitro benzene ring substituents is 1. The molecule has 2 aromatic rings. The average Bonchev–Trinajstić information content (AvgIpc) is 2.88. The van der Waals surface area contributed by atoms with Crippen molar-refractivity contribution in [2.24, 2.45) is 0 Å². The molecule has 0 radical (unpaired) electrons. The molecule has 1 unspecified atom stereocenters. The number of carbonyl (C=O) groups excluding carboxylic acids is 2. The van der Waals surface area contributed by atoms with Gasteiger partial charge in [0.1, 0.15) is 5.02 Å². The van der Waals surface area contributed by atoms with Crippen LogP contribution in [0.3, 0.4) is 0 Å². The normalized spacial score (nSPS) is 17.6. The lowest BCUT2D eigenvalue weighted by Crippen LogP contribution is -2.32. The number of nitro groups is 1. The molecule has 7 nitrogen and oxygen atoms in total. The van der Waals surface area contributed by atoms with Crippen LogP contribution in [-0.2, 0) is 11.2 Å². The minimum absolute atomic E-state index is 0.0223. The first-order valence-electron chi connectivity index (χ1n) is 8.60. The van der Waals surface area contributed by atoms with E-state index in [0.29, 0.717) is 5.69 Å². The highest BCUT2D eigenvalue weighted by Gasteiger charge is 2.38. The van der Waals surface area contributed by atoms with E-state index in [9.17, 15) is 19.7 Å². The Kier molecular flexibility index (Phi) is 4.11. The molecule has 2 aliphatic heterocycles. The number of rotatable bonds is 3. The van der Waals surface area contributed by atoms with Crippen LogP contribution < -0.4 is 10.2 Å². The van der Waals surface area contributed by atoms with Crippen LogP contribution in [0.2, 0.25) is 5.02 Å². The lowest BCUT2D eigenvalue weighted by Gasteiger charge is -2.26. The van der Waals surface area contributed by atoms with Gasteiger partial charge in [0.2, 0.25) is 5.91 Å². The van der Waals surface area contributed by atoms with Crippen molar-refractivity contribution in [2.45, 2.75) is 25.7 Å². The monoisotopic (exact) mass is 385 g/mol. The van der Waals surface area contributed by atoms with Gasteiger partial charge in [-0.2, -0.15) is 0 Å². The van der Waals surface area contributed by atoms with Gasteiger partial charge in [-0.3, -0.25) is 19.7 Å². The number of amides is 2. The van der Waals surface area contributed by atoms with Gasteiger partial charge in [0.25, 0.3) is 11.6 Å². The molecule has 0 spiro atoms. The van der Waals surface area contributed by atoms with Crippen LogP contribution in [0.25, 0.3) is 0 Å². The summed E-state index contributed by atoms with van der Waals surface area (Å²) in [7, 11) is 0. The van der Waals surface area contributed by atoms with E-state index in [1.54, 1.807) is 0 Å². The Labute approximate surface area is 160 Å². The number of halogens is 1. The van der Waals surface area contributed by atoms with Gasteiger partial charge in [0.15, 0.2) is 0 Å². The number of aryl methyl sites for hydroxylation is 1. The van der Waals surface area contributed by atoms with E-state index in [-0.39, 0.29) is 28.1 Å². The van der Waals surface area contributed by atoms with E-state index in [0.717, 1.165) is 42.3 Å². The Morgan fingerprint density at radius 1 is 1.33 bits per heavy atom. The van der Waals surface area contributed by atoms with Gasteiger partial charge in [-0.15, -0.1) is 0 Å². The molecule has 138 valence electrons. The molecule has 8 heteroatoms.